The van der Waals surface area contributed by atoms with Crippen LogP contribution in [0.2, 0.25) is 5.02 Å². The highest BCUT2D eigenvalue weighted by Gasteiger charge is 2.23. The number of thiocarbonyl (C=S) groups is 1. The summed E-state index contributed by atoms with van der Waals surface area (Å²) in [5, 5.41) is 11.2. The third-order valence-electron chi connectivity index (χ3n) is 4.78. The van der Waals surface area contributed by atoms with E-state index >= 15 is 0 Å². The number of halogens is 1. The van der Waals surface area contributed by atoms with Gasteiger partial charge in [-0.25, -0.2) is 0 Å². The summed E-state index contributed by atoms with van der Waals surface area (Å²) < 4.78 is 5.28. The molecule has 1 aromatic heterocycles. The summed E-state index contributed by atoms with van der Waals surface area (Å²) in [6.07, 6.45) is 1.48. The lowest BCUT2D eigenvalue weighted by Crippen LogP contribution is -2.28. The molecule has 1 amide bonds. The van der Waals surface area contributed by atoms with E-state index in [1.165, 1.54) is 0 Å². The minimum atomic E-state index is 0.155. The quantitative estimate of drug-likeness (QED) is 0.570. The predicted octanol–water partition coefficient (Wildman–Crippen LogP) is 4.31. The SMILES string of the molecule is Cc1ccc(NC(=S)NCc2nc(-c3cccc(Cl)c3)no2)cc1N1CCCC1=O. The first-order chi connectivity index (χ1) is 14.5. The van der Waals surface area contributed by atoms with Crippen molar-refractivity contribution in [3.8, 4) is 11.4 Å². The monoisotopic (exact) mass is 441 g/mol. The molecule has 30 heavy (non-hydrogen) atoms. The Balaban J connectivity index is 1.37. The number of nitrogens with one attached hydrogen (secondary N) is 2. The lowest BCUT2D eigenvalue weighted by molar-refractivity contribution is -0.117. The highest BCUT2D eigenvalue weighted by molar-refractivity contribution is 7.80. The first-order valence-corrected chi connectivity index (χ1v) is 10.3. The number of rotatable bonds is 5. The Bertz CT molecular complexity index is 1100. The number of nitrogens with zero attached hydrogens (tertiary/aromatic N) is 3. The van der Waals surface area contributed by atoms with E-state index in [-0.39, 0.29) is 12.5 Å². The van der Waals surface area contributed by atoms with Gasteiger partial charge in [0.1, 0.15) is 0 Å². The van der Waals surface area contributed by atoms with E-state index in [1.807, 2.05) is 42.2 Å². The van der Waals surface area contributed by atoms with Crippen molar-refractivity contribution in [2.24, 2.45) is 0 Å². The number of hydrogen-bond donors (Lipinski definition) is 2. The van der Waals surface area contributed by atoms with Gasteiger partial charge in [0.25, 0.3) is 0 Å². The number of carbonyl (C=O) groups is 1. The maximum atomic E-state index is 12.1. The van der Waals surface area contributed by atoms with Gasteiger partial charge in [-0.3, -0.25) is 4.79 Å². The number of aryl methyl sites for hydroxylation is 1. The summed E-state index contributed by atoms with van der Waals surface area (Å²) in [4.78, 5) is 18.3. The molecule has 9 heteroatoms. The lowest BCUT2D eigenvalue weighted by atomic mass is 10.1. The Morgan fingerprint density at radius 1 is 1.30 bits per heavy atom. The Kier molecular flexibility index (Phi) is 5.96. The van der Waals surface area contributed by atoms with Gasteiger partial charge in [0.2, 0.25) is 17.6 Å². The van der Waals surface area contributed by atoms with Crippen molar-refractivity contribution >= 4 is 46.2 Å². The molecule has 0 atom stereocenters. The Morgan fingerprint density at radius 2 is 2.17 bits per heavy atom. The molecule has 7 nitrogen and oxygen atoms in total. The second kappa shape index (κ2) is 8.81. The van der Waals surface area contributed by atoms with Crippen LogP contribution in [0.25, 0.3) is 11.4 Å². The number of amides is 1. The highest BCUT2D eigenvalue weighted by Crippen LogP contribution is 2.28. The molecule has 154 valence electrons. The standard InChI is InChI=1S/C21H20ClN5O2S/c1-13-7-8-16(11-17(13)27-9-3-6-19(27)28)24-21(30)23-12-18-25-20(26-29-18)14-4-2-5-15(22)10-14/h2,4-5,7-8,10-11H,3,6,9,12H2,1H3,(H2,23,24,30). The molecule has 0 aliphatic carbocycles. The molecule has 2 N–H and O–H groups in total. The van der Waals surface area contributed by atoms with Crippen LogP contribution in [0.4, 0.5) is 11.4 Å². The minimum Gasteiger partial charge on any atom is -0.353 e. The van der Waals surface area contributed by atoms with Crippen molar-refractivity contribution in [1.82, 2.24) is 15.5 Å². The summed E-state index contributed by atoms with van der Waals surface area (Å²) >= 11 is 11.4. The van der Waals surface area contributed by atoms with Crippen molar-refractivity contribution in [2.45, 2.75) is 26.3 Å². The van der Waals surface area contributed by atoms with Crippen LogP contribution < -0.4 is 15.5 Å². The van der Waals surface area contributed by atoms with E-state index in [2.05, 4.69) is 20.8 Å². The maximum absolute atomic E-state index is 12.1. The fourth-order valence-electron chi connectivity index (χ4n) is 3.28. The molecule has 3 aromatic rings. The van der Waals surface area contributed by atoms with Crippen LogP contribution in [0.1, 0.15) is 24.3 Å². The average Bonchev–Trinajstić information content (AvgIpc) is 3.37. The van der Waals surface area contributed by atoms with Crippen LogP contribution in [-0.4, -0.2) is 27.7 Å². The summed E-state index contributed by atoms with van der Waals surface area (Å²) in [5.74, 6) is 1.02. The number of hydrogen-bond acceptors (Lipinski definition) is 5. The van der Waals surface area contributed by atoms with Crippen molar-refractivity contribution in [2.75, 3.05) is 16.8 Å². The number of aromatic nitrogens is 2. The predicted molar refractivity (Wildman–Crippen MR) is 121 cm³/mol. The van der Waals surface area contributed by atoms with Gasteiger partial charge >= 0.3 is 0 Å². The summed E-state index contributed by atoms with van der Waals surface area (Å²) in [6, 6.07) is 13.1. The fourth-order valence-corrected chi connectivity index (χ4v) is 3.66. The van der Waals surface area contributed by atoms with Crippen LogP contribution in [0.5, 0.6) is 0 Å². The lowest BCUT2D eigenvalue weighted by Gasteiger charge is -2.20. The molecular weight excluding hydrogens is 422 g/mol. The zero-order valence-corrected chi connectivity index (χ0v) is 17.9. The van der Waals surface area contributed by atoms with Gasteiger partial charge in [-0.2, -0.15) is 4.98 Å². The Morgan fingerprint density at radius 3 is 2.93 bits per heavy atom. The number of carbonyl (C=O) groups excluding carboxylic acids is 1. The second-order valence-corrected chi connectivity index (χ2v) is 7.82. The van der Waals surface area contributed by atoms with E-state index in [0.717, 1.165) is 35.5 Å². The fraction of sp³-hybridized carbons (Fsp3) is 0.238. The summed E-state index contributed by atoms with van der Waals surface area (Å²) in [5.41, 5.74) is 3.54. The van der Waals surface area contributed by atoms with Gasteiger partial charge in [-0.15, -0.1) is 0 Å². The van der Waals surface area contributed by atoms with Gasteiger partial charge in [0.15, 0.2) is 5.11 Å². The molecule has 1 saturated heterocycles. The van der Waals surface area contributed by atoms with Gasteiger partial charge in [0.05, 0.1) is 6.54 Å². The third-order valence-corrected chi connectivity index (χ3v) is 5.26. The molecule has 0 bridgehead atoms. The van der Waals surface area contributed by atoms with Crippen LogP contribution in [0, 0.1) is 6.92 Å². The second-order valence-electron chi connectivity index (χ2n) is 6.98. The Labute approximate surface area is 184 Å². The van der Waals surface area contributed by atoms with Gasteiger partial charge in [-0.05, 0) is 55.4 Å². The first kappa shape index (κ1) is 20.3. The van der Waals surface area contributed by atoms with Gasteiger partial charge < -0.3 is 20.1 Å². The van der Waals surface area contributed by atoms with Crippen LogP contribution in [0.15, 0.2) is 47.0 Å². The minimum absolute atomic E-state index is 0.155. The van der Waals surface area contributed by atoms with Crippen molar-refractivity contribution in [1.29, 1.82) is 0 Å². The topological polar surface area (TPSA) is 83.3 Å². The summed E-state index contributed by atoms with van der Waals surface area (Å²) in [6.45, 7) is 3.02. The van der Waals surface area contributed by atoms with Crippen LogP contribution in [0.3, 0.4) is 0 Å². The zero-order chi connectivity index (χ0) is 21.1. The third kappa shape index (κ3) is 4.60. The van der Waals surface area contributed by atoms with Crippen LogP contribution >= 0.6 is 23.8 Å². The average molecular weight is 442 g/mol. The van der Waals surface area contributed by atoms with E-state index < -0.39 is 0 Å². The highest BCUT2D eigenvalue weighted by atomic mass is 35.5. The normalized spacial score (nSPS) is 13.5. The molecule has 0 unspecified atom stereocenters. The Hall–Kier alpha value is -2.97. The molecule has 1 aliphatic rings. The van der Waals surface area contributed by atoms with Gasteiger partial charge in [0, 0.05) is 34.9 Å². The van der Waals surface area contributed by atoms with E-state index in [1.54, 1.807) is 12.1 Å². The number of anilines is 2. The summed E-state index contributed by atoms with van der Waals surface area (Å²) in [7, 11) is 0. The first-order valence-electron chi connectivity index (χ1n) is 9.54. The zero-order valence-electron chi connectivity index (χ0n) is 16.3. The molecular formula is C21H20ClN5O2S. The molecule has 0 radical (unpaired) electrons. The van der Waals surface area contributed by atoms with E-state index in [9.17, 15) is 4.79 Å². The molecule has 2 heterocycles. The molecule has 4 rings (SSSR count). The molecule has 1 aliphatic heterocycles. The smallest absolute Gasteiger partial charge is 0.246 e. The maximum Gasteiger partial charge on any atom is 0.246 e. The van der Waals surface area contributed by atoms with Crippen molar-refractivity contribution < 1.29 is 9.32 Å². The van der Waals surface area contributed by atoms with E-state index in [0.29, 0.717) is 28.3 Å². The van der Waals surface area contributed by atoms with Crippen molar-refractivity contribution in [3.05, 3.63) is 58.9 Å². The van der Waals surface area contributed by atoms with Crippen LogP contribution in [-0.2, 0) is 11.3 Å². The molecule has 1 fully saturated rings. The van der Waals surface area contributed by atoms with Gasteiger partial charge in [-0.1, -0.05) is 35.0 Å². The molecule has 2 aromatic carbocycles. The van der Waals surface area contributed by atoms with Crippen molar-refractivity contribution in [3.63, 3.8) is 0 Å². The molecule has 0 saturated carbocycles. The van der Waals surface area contributed by atoms with E-state index in [4.69, 9.17) is 28.3 Å². The molecule has 0 spiro atoms. The number of benzene rings is 2. The largest absolute Gasteiger partial charge is 0.353 e.